The minimum Gasteiger partial charge on any atom is -0.497 e. The predicted octanol–water partition coefficient (Wildman–Crippen LogP) is 4.95. The second-order valence-electron chi connectivity index (χ2n) is 9.67. The molecule has 5 heteroatoms. The summed E-state index contributed by atoms with van der Waals surface area (Å²) in [4.78, 5) is 17.6. The highest BCUT2D eigenvalue weighted by Gasteiger charge is 2.38. The van der Waals surface area contributed by atoms with Gasteiger partial charge in [-0.25, -0.2) is 0 Å². The Morgan fingerprint density at radius 1 is 1.15 bits per heavy atom. The highest BCUT2D eigenvalue weighted by Crippen LogP contribution is 2.34. The Labute approximate surface area is 204 Å². The van der Waals surface area contributed by atoms with Gasteiger partial charge >= 0.3 is 0 Å². The maximum atomic E-state index is 13.0. The number of hydrogen-bond donors (Lipinski definition) is 0. The zero-order valence-corrected chi connectivity index (χ0v) is 20.6. The van der Waals surface area contributed by atoms with Crippen molar-refractivity contribution < 1.29 is 14.3 Å². The van der Waals surface area contributed by atoms with Crippen LogP contribution in [-0.4, -0.2) is 55.6 Å². The lowest BCUT2D eigenvalue weighted by atomic mass is 9.84. The van der Waals surface area contributed by atoms with Crippen LogP contribution in [0.4, 0.5) is 0 Å². The van der Waals surface area contributed by atoms with Crippen molar-refractivity contribution in [1.82, 2.24) is 9.80 Å². The zero-order valence-electron chi connectivity index (χ0n) is 20.6. The van der Waals surface area contributed by atoms with Crippen molar-refractivity contribution in [3.8, 4) is 11.5 Å². The van der Waals surface area contributed by atoms with Crippen molar-refractivity contribution in [2.24, 2.45) is 11.8 Å². The number of hydrogen-bond acceptors (Lipinski definition) is 4. The first-order chi connectivity index (χ1) is 16.6. The van der Waals surface area contributed by atoms with Crippen LogP contribution in [0, 0.1) is 11.8 Å². The molecule has 4 rings (SSSR count). The topological polar surface area (TPSA) is 42.0 Å². The minimum absolute atomic E-state index is 0.213. The highest BCUT2D eigenvalue weighted by atomic mass is 16.5. The fourth-order valence-electron chi connectivity index (χ4n) is 5.10. The lowest BCUT2D eigenvalue weighted by molar-refractivity contribution is -0.134. The van der Waals surface area contributed by atoms with E-state index < -0.39 is 0 Å². The molecule has 0 bridgehead atoms. The standard InChI is InChI=1S/C29H38N2O3/c1-4-18-34-28-11-6-5-9-25(28)21-31-16-14-23(15-17-31)27(30(2)29(32)24-12-13-24)20-22-8-7-10-26(19-22)33-3/h4-11,19,23-24,27H,1,12-18,20-21H2,2-3H3/t27-/m0/s1. The Hall–Kier alpha value is -2.79. The minimum atomic E-state index is 0.213. The van der Waals surface area contributed by atoms with Gasteiger partial charge in [-0.15, -0.1) is 0 Å². The quantitative estimate of drug-likeness (QED) is 0.443. The average molecular weight is 463 g/mol. The van der Waals surface area contributed by atoms with Gasteiger partial charge in [-0.05, 0) is 74.9 Å². The molecule has 0 N–H and O–H groups in total. The number of methoxy groups -OCH3 is 1. The van der Waals surface area contributed by atoms with Gasteiger partial charge in [0.1, 0.15) is 18.1 Å². The SMILES string of the molecule is C=CCOc1ccccc1CN1CCC([C@H](Cc2cccc(OC)c2)N(C)C(=O)C2CC2)CC1. The van der Waals surface area contributed by atoms with E-state index in [2.05, 4.69) is 40.6 Å². The monoisotopic (exact) mass is 462 g/mol. The molecule has 2 aromatic rings. The average Bonchev–Trinajstić information content (AvgIpc) is 3.72. The number of carbonyl (C=O) groups is 1. The summed E-state index contributed by atoms with van der Waals surface area (Å²) in [7, 11) is 3.72. The molecule has 1 saturated carbocycles. The third kappa shape index (κ3) is 6.20. The molecular formula is C29H38N2O3. The molecule has 2 aliphatic rings. The Morgan fingerprint density at radius 2 is 1.91 bits per heavy atom. The van der Waals surface area contributed by atoms with Crippen molar-refractivity contribution in [2.45, 2.75) is 44.7 Å². The summed E-state index contributed by atoms with van der Waals surface area (Å²) < 4.78 is 11.3. The number of ether oxygens (including phenoxy) is 2. The lowest BCUT2D eigenvalue weighted by Gasteiger charge is -2.40. The van der Waals surface area contributed by atoms with Crippen LogP contribution in [0.5, 0.6) is 11.5 Å². The van der Waals surface area contributed by atoms with Crippen molar-refractivity contribution in [1.29, 1.82) is 0 Å². The molecule has 34 heavy (non-hydrogen) atoms. The van der Waals surface area contributed by atoms with Gasteiger partial charge in [0.25, 0.3) is 0 Å². The van der Waals surface area contributed by atoms with Gasteiger partial charge in [-0.3, -0.25) is 9.69 Å². The summed E-state index contributed by atoms with van der Waals surface area (Å²) in [6, 6.07) is 16.8. The number of rotatable bonds is 11. The van der Waals surface area contributed by atoms with E-state index in [1.807, 2.05) is 31.3 Å². The van der Waals surface area contributed by atoms with Crippen LogP contribution in [-0.2, 0) is 17.8 Å². The molecule has 0 aromatic heterocycles. The fraction of sp³-hybridized carbons (Fsp3) is 0.483. The van der Waals surface area contributed by atoms with E-state index in [1.165, 1.54) is 11.1 Å². The smallest absolute Gasteiger partial charge is 0.225 e. The van der Waals surface area contributed by atoms with Crippen LogP contribution in [0.3, 0.4) is 0 Å². The first-order valence-electron chi connectivity index (χ1n) is 12.5. The number of piperidine rings is 1. The first-order valence-corrected chi connectivity index (χ1v) is 12.5. The van der Waals surface area contributed by atoms with E-state index in [9.17, 15) is 4.79 Å². The second-order valence-corrected chi connectivity index (χ2v) is 9.67. The van der Waals surface area contributed by atoms with Crippen LogP contribution >= 0.6 is 0 Å². The molecule has 1 aliphatic carbocycles. The fourth-order valence-corrected chi connectivity index (χ4v) is 5.10. The third-order valence-electron chi connectivity index (χ3n) is 7.25. The van der Waals surface area contributed by atoms with Crippen molar-refractivity contribution in [3.05, 3.63) is 72.3 Å². The third-order valence-corrected chi connectivity index (χ3v) is 7.25. The lowest BCUT2D eigenvalue weighted by Crippen LogP contribution is -2.47. The summed E-state index contributed by atoms with van der Waals surface area (Å²) >= 11 is 0. The highest BCUT2D eigenvalue weighted by molar-refractivity contribution is 5.81. The van der Waals surface area contributed by atoms with Crippen LogP contribution in [0.15, 0.2) is 61.2 Å². The molecule has 1 aliphatic heterocycles. The zero-order chi connectivity index (χ0) is 23.9. The van der Waals surface area contributed by atoms with Gasteiger partial charge in [0.15, 0.2) is 0 Å². The van der Waals surface area contributed by atoms with Crippen LogP contribution in [0.25, 0.3) is 0 Å². The molecular weight excluding hydrogens is 424 g/mol. The largest absolute Gasteiger partial charge is 0.497 e. The predicted molar refractivity (Wildman–Crippen MR) is 136 cm³/mol. The Balaban J connectivity index is 1.42. The van der Waals surface area contributed by atoms with E-state index in [0.29, 0.717) is 18.4 Å². The van der Waals surface area contributed by atoms with Gasteiger partial charge in [0, 0.05) is 31.1 Å². The molecule has 182 valence electrons. The second kappa shape index (κ2) is 11.6. The summed E-state index contributed by atoms with van der Waals surface area (Å²) in [6.45, 7) is 7.22. The van der Waals surface area contributed by atoms with E-state index in [1.54, 1.807) is 13.2 Å². The van der Waals surface area contributed by atoms with Crippen molar-refractivity contribution >= 4 is 5.91 Å². The number of benzene rings is 2. The van der Waals surface area contributed by atoms with E-state index in [-0.39, 0.29) is 12.0 Å². The summed E-state index contributed by atoms with van der Waals surface area (Å²) in [5.41, 5.74) is 2.45. The van der Waals surface area contributed by atoms with E-state index in [4.69, 9.17) is 9.47 Å². The molecule has 0 radical (unpaired) electrons. The molecule has 1 saturated heterocycles. The van der Waals surface area contributed by atoms with Gasteiger partial charge in [-0.2, -0.15) is 0 Å². The normalized spacial score (nSPS) is 17.7. The molecule has 0 unspecified atom stereocenters. The molecule has 1 heterocycles. The molecule has 5 nitrogen and oxygen atoms in total. The molecule has 1 amide bonds. The maximum Gasteiger partial charge on any atom is 0.225 e. The Bertz CT molecular complexity index is 963. The van der Waals surface area contributed by atoms with E-state index in [0.717, 1.165) is 63.2 Å². The number of nitrogens with zero attached hydrogens (tertiary/aromatic N) is 2. The van der Waals surface area contributed by atoms with Crippen LogP contribution < -0.4 is 9.47 Å². The number of likely N-dealkylation sites (N-methyl/N-ethyl adjacent to an activating group) is 1. The molecule has 2 fully saturated rings. The van der Waals surface area contributed by atoms with Gasteiger partial charge in [0.2, 0.25) is 5.91 Å². The van der Waals surface area contributed by atoms with Gasteiger partial charge in [-0.1, -0.05) is 43.0 Å². The van der Waals surface area contributed by atoms with Crippen molar-refractivity contribution in [2.75, 3.05) is 33.9 Å². The van der Waals surface area contributed by atoms with Crippen LogP contribution in [0.2, 0.25) is 0 Å². The number of carbonyl (C=O) groups excluding carboxylic acids is 1. The number of likely N-dealkylation sites (tertiary alicyclic amines) is 1. The number of amides is 1. The van der Waals surface area contributed by atoms with E-state index >= 15 is 0 Å². The summed E-state index contributed by atoms with van der Waals surface area (Å²) in [6.07, 6.45) is 6.92. The Kier molecular flexibility index (Phi) is 8.28. The molecule has 2 aromatic carbocycles. The molecule has 1 atom stereocenters. The maximum absolute atomic E-state index is 13.0. The Morgan fingerprint density at radius 3 is 2.62 bits per heavy atom. The molecule has 0 spiro atoms. The number of para-hydroxylation sites is 1. The van der Waals surface area contributed by atoms with Crippen molar-refractivity contribution in [3.63, 3.8) is 0 Å². The summed E-state index contributed by atoms with van der Waals surface area (Å²) in [5, 5.41) is 0. The van der Waals surface area contributed by atoms with Gasteiger partial charge in [0.05, 0.1) is 7.11 Å². The van der Waals surface area contributed by atoms with Gasteiger partial charge < -0.3 is 14.4 Å². The summed E-state index contributed by atoms with van der Waals surface area (Å²) in [5.74, 6) is 2.87. The van der Waals surface area contributed by atoms with Crippen LogP contribution in [0.1, 0.15) is 36.8 Å². The first kappa shape index (κ1) is 24.3.